The number of halogens is 1. The molecule has 2 aromatic carbocycles. The van der Waals surface area contributed by atoms with Crippen LogP contribution in [0.1, 0.15) is 5.56 Å². The number of amides is 1. The summed E-state index contributed by atoms with van der Waals surface area (Å²) in [5.41, 5.74) is 1.87. The number of benzene rings is 2. The number of aromatic nitrogens is 2. The minimum Gasteiger partial charge on any atom is -0.484 e. The smallest absolute Gasteiger partial charge is 0.322 e. The van der Waals surface area contributed by atoms with Gasteiger partial charge in [-0.2, -0.15) is 0 Å². The number of anilines is 1. The Kier molecular flexibility index (Phi) is 4.77. The molecule has 122 valence electrons. The van der Waals surface area contributed by atoms with Gasteiger partial charge in [-0.05, 0) is 43.3 Å². The second kappa shape index (κ2) is 7.14. The van der Waals surface area contributed by atoms with Crippen molar-refractivity contribution in [2.24, 2.45) is 0 Å². The minimum atomic E-state index is -0.399. The van der Waals surface area contributed by atoms with Gasteiger partial charge in [-0.3, -0.25) is 10.1 Å². The Morgan fingerprint density at radius 2 is 2.00 bits per heavy atom. The van der Waals surface area contributed by atoms with Crippen LogP contribution in [0.3, 0.4) is 0 Å². The van der Waals surface area contributed by atoms with E-state index in [1.165, 1.54) is 0 Å². The summed E-state index contributed by atoms with van der Waals surface area (Å²) in [6.07, 6.45) is 0. The third-order valence-corrected chi connectivity index (χ3v) is 3.37. The maximum atomic E-state index is 11.9. The number of hydrogen-bond acceptors (Lipinski definition) is 5. The van der Waals surface area contributed by atoms with Gasteiger partial charge in [0, 0.05) is 10.6 Å². The van der Waals surface area contributed by atoms with Crippen LogP contribution in [-0.4, -0.2) is 22.7 Å². The van der Waals surface area contributed by atoms with Crippen LogP contribution in [0.25, 0.3) is 11.5 Å². The number of nitrogens with one attached hydrogen (secondary N) is 1. The van der Waals surface area contributed by atoms with Gasteiger partial charge in [-0.15, -0.1) is 5.10 Å². The Labute approximate surface area is 143 Å². The van der Waals surface area contributed by atoms with Crippen molar-refractivity contribution in [1.82, 2.24) is 10.2 Å². The highest BCUT2D eigenvalue weighted by atomic mass is 35.5. The molecule has 24 heavy (non-hydrogen) atoms. The molecule has 1 aromatic heterocycles. The van der Waals surface area contributed by atoms with Crippen LogP contribution in [0.2, 0.25) is 5.02 Å². The van der Waals surface area contributed by atoms with Crippen molar-refractivity contribution in [3.05, 3.63) is 59.1 Å². The summed E-state index contributed by atoms with van der Waals surface area (Å²) in [4.78, 5) is 11.9. The van der Waals surface area contributed by atoms with Gasteiger partial charge in [0.15, 0.2) is 6.61 Å². The molecule has 0 spiro atoms. The van der Waals surface area contributed by atoms with E-state index in [9.17, 15) is 4.79 Å². The van der Waals surface area contributed by atoms with E-state index in [2.05, 4.69) is 15.5 Å². The largest absolute Gasteiger partial charge is 0.484 e. The van der Waals surface area contributed by atoms with E-state index in [0.29, 0.717) is 16.7 Å². The van der Waals surface area contributed by atoms with Gasteiger partial charge in [-0.25, -0.2) is 0 Å². The molecule has 0 unspecified atom stereocenters. The van der Waals surface area contributed by atoms with Crippen LogP contribution in [0.15, 0.2) is 52.9 Å². The molecule has 0 fully saturated rings. The molecule has 1 amide bonds. The number of rotatable bonds is 5. The standard InChI is InChI=1S/C17H14ClN3O3/c1-11-3-2-4-12(9-11)16-20-21-17(24-16)19-15(22)10-23-14-7-5-13(18)6-8-14/h2-9H,10H2,1H3,(H,19,21,22). The molecule has 6 nitrogen and oxygen atoms in total. The van der Waals surface area contributed by atoms with Gasteiger partial charge < -0.3 is 9.15 Å². The van der Waals surface area contributed by atoms with Gasteiger partial charge in [-0.1, -0.05) is 34.4 Å². The fraction of sp³-hybridized carbons (Fsp3) is 0.118. The Bertz CT molecular complexity index is 846. The van der Waals surface area contributed by atoms with Crippen LogP contribution in [-0.2, 0) is 4.79 Å². The van der Waals surface area contributed by atoms with Crippen molar-refractivity contribution in [2.75, 3.05) is 11.9 Å². The SMILES string of the molecule is Cc1cccc(-c2nnc(NC(=O)COc3ccc(Cl)cc3)o2)c1. The molecule has 1 N–H and O–H groups in total. The van der Waals surface area contributed by atoms with E-state index in [1.807, 2.05) is 31.2 Å². The third-order valence-electron chi connectivity index (χ3n) is 3.12. The Balaban J connectivity index is 1.58. The molecule has 0 aliphatic carbocycles. The Hall–Kier alpha value is -2.86. The summed E-state index contributed by atoms with van der Waals surface area (Å²) in [5.74, 6) is 0.484. The van der Waals surface area contributed by atoms with Crippen molar-refractivity contribution in [3.63, 3.8) is 0 Å². The summed E-state index contributed by atoms with van der Waals surface area (Å²) in [6, 6.07) is 14.4. The molecule has 0 radical (unpaired) electrons. The first kappa shape index (κ1) is 16.0. The molecule has 0 aliphatic rings. The fourth-order valence-corrected chi connectivity index (χ4v) is 2.13. The molecule has 0 aliphatic heterocycles. The van der Waals surface area contributed by atoms with Crippen molar-refractivity contribution < 1.29 is 13.9 Å². The summed E-state index contributed by atoms with van der Waals surface area (Å²) in [7, 11) is 0. The zero-order valence-corrected chi connectivity index (χ0v) is 13.6. The summed E-state index contributed by atoms with van der Waals surface area (Å²) >= 11 is 5.78. The van der Waals surface area contributed by atoms with E-state index in [4.69, 9.17) is 20.8 Å². The van der Waals surface area contributed by atoms with E-state index in [1.54, 1.807) is 24.3 Å². The number of ether oxygens (including phenoxy) is 1. The normalized spacial score (nSPS) is 10.4. The average molecular weight is 344 g/mol. The van der Waals surface area contributed by atoms with Crippen LogP contribution in [0, 0.1) is 6.92 Å². The van der Waals surface area contributed by atoms with Crippen molar-refractivity contribution in [2.45, 2.75) is 6.92 Å². The monoisotopic (exact) mass is 343 g/mol. The predicted octanol–water partition coefficient (Wildman–Crippen LogP) is 3.72. The lowest BCUT2D eigenvalue weighted by Crippen LogP contribution is -2.20. The van der Waals surface area contributed by atoms with E-state index >= 15 is 0 Å². The highest BCUT2D eigenvalue weighted by Crippen LogP contribution is 2.20. The summed E-state index contributed by atoms with van der Waals surface area (Å²) in [6.45, 7) is 1.79. The van der Waals surface area contributed by atoms with Crippen molar-refractivity contribution in [1.29, 1.82) is 0 Å². The van der Waals surface area contributed by atoms with E-state index in [-0.39, 0.29) is 12.6 Å². The second-order valence-electron chi connectivity index (χ2n) is 5.07. The first-order chi connectivity index (χ1) is 11.6. The first-order valence-electron chi connectivity index (χ1n) is 7.19. The number of carbonyl (C=O) groups excluding carboxylic acids is 1. The number of nitrogens with zero attached hydrogens (tertiary/aromatic N) is 2. The molecule has 7 heteroatoms. The number of aryl methyl sites for hydroxylation is 1. The van der Waals surface area contributed by atoms with Gasteiger partial charge in [0.1, 0.15) is 5.75 Å². The zero-order valence-electron chi connectivity index (χ0n) is 12.8. The molecular weight excluding hydrogens is 330 g/mol. The molecule has 0 bridgehead atoms. The van der Waals surface area contributed by atoms with E-state index in [0.717, 1.165) is 11.1 Å². The first-order valence-corrected chi connectivity index (χ1v) is 7.57. The molecule has 0 saturated carbocycles. The molecule has 0 saturated heterocycles. The predicted molar refractivity (Wildman–Crippen MR) is 90.0 cm³/mol. The molecular formula is C17H14ClN3O3. The molecule has 3 rings (SSSR count). The maximum Gasteiger partial charge on any atom is 0.322 e. The Morgan fingerprint density at radius 1 is 1.21 bits per heavy atom. The summed E-state index contributed by atoms with van der Waals surface area (Å²) in [5, 5.41) is 10.8. The number of hydrogen-bond donors (Lipinski definition) is 1. The second-order valence-corrected chi connectivity index (χ2v) is 5.51. The van der Waals surface area contributed by atoms with Gasteiger partial charge in [0.25, 0.3) is 5.91 Å². The lowest BCUT2D eigenvalue weighted by atomic mass is 10.1. The van der Waals surface area contributed by atoms with Crippen LogP contribution < -0.4 is 10.1 Å². The lowest BCUT2D eigenvalue weighted by Gasteiger charge is -2.05. The van der Waals surface area contributed by atoms with Gasteiger partial charge >= 0.3 is 6.01 Å². The highest BCUT2D eigenvalue weighted by Gasteiger charge is 2.12. The topological polar surface area (TPSA) is 77.2 Å². The quantitative estimate of drug-likeness (QED) is 0.764. The molecule has 0 atom stereocenters. The lowest BCUT2D eigenvalue weighted by molar-refractivity contribution is -0.118. The van der Waals surface area contributed by atoms with Crippen LogP contribution >= 0.6 is 11.6 Å². The van der Waals surface area contributed by atoms with Gasteiger partial charge in [0.05, 0.1) is 0 Å². The zero-order chi connectivity index (χ0) is 16.9. The van der Waals surface area contributed by atoms with Crippen molar-refractivity contribution >= 4 is 23.5 Å². The highest BCUT2D eigenvalue weighted by molar-refractivity contribution is 6.30. The number of carbonyl (C=O) groups is 1. The average Bonchev–Trinajstić information content (AvgIpc) is 3.03. The van der Waals surface area contributed by atoms with Gasteiger partial charge in [0.2, 0.25) is 5.89 Å². The fourth-order valence-electron chi connectivity index (χ4n) is 2.00. The van der Waals surface area contributed by atoms with E-state index < -0.39 is 5.91 Å². The maximum absolute atomic E-state index is 11.9. The molecule has 3 aromatic rings. The Morgan fingerprint density at radius 3 is 2.75 bits per heavy atom. The third kappa shape index (κ3) is 4.11. The minimum absolute atomic E-state index is 0.0243. The summed E-state index contributed by atoms with van der Waals surface area (Å²) < 4.78 is 10.8. The van der Waals surface area contributed by atoms with Crippen LogP contribution in [0.5, 0.6) is 5.75 Å². The van der Waals surface area contributed by atoms with Crippen LogP contribution in [0.4, 0.5) is 6.01 Å². The van der Waals surface area contributed by atoms with Crippen molar-refractivity contribution in [3.8, 4) is 17.2 Å². The molecule has 1 heterocycles.